The molecule has 0 aliphatic rings. The number of imidazole rings is 1. The summed E-state index contributed by atoms with van der Waals surface area (Å²) in [4.78, 5) is 16.6. The predicted molar refractivity (Wildman–Crippen MR) is 76.9 cm³/mol. The minimum Gasteiger partial charge on any atom is -0.369 e. The molecule has 5 nitrogen and oxygen atoms in total. The monoisotopic (exact) mass is 260 g/mol. The summed E-state index contributed by atoms with van der Waals surface area (Å²) < 4.78 is 1.78. The van der Waals surface area contributed by atoms with Crippen LogP contribution in [0.2, 0.25) is 0 Å². The van der Waals surface area contributed by atoms with Crippen LogP contribution in [0.5, 0.6) is 0 Å². The Bertz CT molecular complexity index is 637. The van der Waals surface area contributed by atoms with Crippen molar-refractivity contribution in [2.24, 2.45) is 18.2 Å². The molecule has 0 aliphatic carbocycles. The van der Waals surface area contributed by atoms with Gasteiger partial charge in [-0.2, -0.15) is 0 Å². The molecule has 1 aromatic carbocycles. The highest BCUT2D eigenvalue weighted by Gasteiger charge is 2.28. The SMILES string of the molecule is Cn1c(N)nc2cc(C(=O)[C@@H](N)C(C)(C)C)ccc21. The Balaban J connectivity index is 2.44. The predicted octanol–water partition coefficient (Wildman–Crippen LogP) is 1.71. The molecular weight excluding hydrogens is 240 g/mol. The first-order valence-electron chi connectivity index (χ1n) is 6.23. The van der Waals surface area contributed by atoms with Crippen LogP contribution in [0, 0.1) is 5.41 Å². The topological polar surface area (TPSA) is 86.9 Å². The lowest BCUT2D eigenvalue weighted by atomic mass is 9.83. The van der Waals surface area contributed by atoms with E-state index in [9.17, 15) is 4.79 Å². The maximum Gasteiger partial charge on any atom is 0.200 e. The molecule has 0 unspecified atom stereocenters. The van der Waals surface area contributed by atoms with E-state index in [-0.39, 0.29) is 11.2 Å². The summed E-state index contributed by atoms with van der Waals surface area (Å²) in [5.74, 6) is 0.360. The molecule has 1 heterocycles. The fraction of sp³-hybridized carbons (Fsp3) is 0.429. The first kappa shape index (κ1) is 13.5. The van der Waals surface area contributed by atoms with Crippen molar-refractivity contribution >= 4 is 22.8 Å². The number of hydrogen-bond donors (Lipinski definition) is 2. The van der Waals surface area contributed by atoms with Crippen molar-refractivity contribution in [3.63, 3.8) is 0 Å². The van der Waals surface area contributed by atoms with Crippen LogP contribution >= 0.6 is 0 Å². The molecular formula is C14H20N4O. The molecule has 5 heteroatoms. The highest BCUT2D eigenvalue weighted by molar-refractivity contribution is 6.02. The normalized spacial score (nSPS) is 13.7. The molecule has 0 saturated carbocycles. The van der Waals surface area contributed by atoms with E-state index in [0.717, 1.165) is 5.52 Å². The summed E-state index contributed by atoms with van der Waals surface area (Å²) in [6.45, 7) is 5.85. The van der Waals surface area contributed by atoms with Crippen LogP contribution in [-0.2, 0) is 7.05 Å². The fourth-order valence-electron chi connectivity index (χ4n) is 1.94. The number of nitrogen functional groups attached to an aromatic ring is 1. The van der Waals surface area contributed by atoms with Crippen LogP contribution in [0.4, 0.5) is 5.95 Å². The molecule has 0 amide bonds. The number of aromatic nitrogens is 2. The Kier molecular flexibility index (Phi) is 3.10. The number of Topliss-reactive ketones (excluding diaryl/α,β-unsaturated/α-hetero) is 1. The molecule has 1 aromatic heterocycles. The molecule has 0 bridgehead atoms. The van der Waals surface area contributed by atoms with Gasteiger partial charge in [-0.05, 0) is 23.6 Å². The zero-order chi connectivity index (χ0) is 14.4. The average molecular weight is 260 g/mol. The van der Waals surface area contributed by atoms with Gasteiger partial charge in [0.25, 0.3) is 0 Å². The van der Waals surface area contributed by atoms with E-state index in [1.807, 2.05) is 33.9 Å². The Labute approximate surface area is 112 Å². The van der Waals surface area contributed by atoms with Gasteiger partial charge in [-0.25, -0.2) is 4.98 Å². The van der Waals surface area contributed by atoms with Crippen LogP contribution < -0.4 is 11.5 Å². The van der Waals surface area contributed by atoms with Crippen LogP contribution in [0.15, 0.2) is 18.2 Å². The van der Waals surface area contributed by atoms with Crippen molar-refractivity contribution in [2.75, 3.05) is 5.73 Å². The maximum absolute atomic E-state index is 12.3. The highest BCUT2D eigenvalue weighted by Crippen LogP contribution is 2.23. The van der Waals surface area contributed by atoms with Gasteiger partial charge in [0.05, 0.1) is 17.1 Å². The number of ketones is 1. The van der Waals surface area contributed by atoms with Gasteiger partial charge in [0.2, 0.25) is 5.95 Å². The molecule has 0 spiro atoms. The summed E-state index contributed by atoms with van der Waals surface area (Å²) >= 11 is 0. The second-order valence-corrected chi connectivity index (χ2v) is 5.94. The maximum atomic E-state index is 12.3. The molecule has 102 valence electrons. The van der Waals surface area contributed by atoms with Crippen molar-refractivity contribution in [3.05, 3.63) is 23.8 Å². The summed E-state index contributed by atoms with van der Waals surface area (Å²) in [7, 11) is 1.84. The van der Waals surface area contributed by atoms with Crippen molar-refractivity contribution in [1.29, 1.82) is 0 Å². The fourth-order valence-corrected chi connectivity index (χ4v) is 1.94. The molecule has 19 heavy (non-hydrogen) atoms. The number of carbonyl (C=O) groups excluding carboxylic acids is 1. The number of rotatable bonds is 2. The minimum absolute atomic E-state index is 0.0707. The van der Waals surface area contributed by atoms with Crippen molar-refractivity contribution in [3.8, 4) is 0 Å². The van der Waals surface area contributed by atoms with E-state index in [0.29, 0.717) is 17.0 Å². The number of anilines is 1. The Morgan fingerprint density at radius 2 is 2.00 bits per heavy atom. The lowest BCUT2D eigenvalue weighted by Crippen LogP contribution is -2.42. The van der Waals surface area contributed by atoms with Gasteiger partial charge in [-0.3, -0.25) is 4.79 Å². The van der Waals surface area contributed by atoms with Crippen LogP contribution in [0.25, 0.3) is 11.0 Å². The number of carbonyl (C=O) groups is 1. The molecule has 0 aliphatic heterocycles. The molecule has 0 fully saturated rings. The van der Waals surface area contributed by atoms with Gasteiger partial charge >= 0.3 is 0 Å². The number of nitrogens with two attached hydrogens (primary N) is 2. The minimum atomic E-state index is -0.536. The molecule has 2 rings (SSSR count). The number of nitrogens with zero attached hydrogens (tertiary/aromatic N) is 2. The van der Waals surface area contributed by atoms with Crippen molar-refractivity contribution in [2.45, 2.75) is 26.8 Å². The summed E-state index contributed by atoms with van der Waals surface area (Å²) in [6.07, 6.45) is 0. The number of aryl methyl sites for hydroxylation is 1. The lowest BCUT2D eigenvalue weighted by Gasteiger charge is -2.25. The first-order valence-corrected chi connectivity index (χ1v) is 6.23. The van der Waals surface area contributed by atoms with Crippen molar-refractivity contribution in [1.82, 2.24) is 9.55 Å². The number of benzene rings is 1. The summed E-state index contributed by atoms with van der Waals surface area (Å²) in [6, 6.07) is 4.84. The Morgan fingerprint density at radius 3 is 2.58 bits per heavy atom. The van der Waals surface area contributed by atoms with E-state index >= 15 is 0 Å². The average Bonchev–Trinajstić information content (AvgIpc) is 2.61. The van der Waals surface area contributed by atoms with E-state index < -0.39 is 6.04 Å². The molecule has 0 radical (unpaired) electrons. The Morgan fingerprint density at radius 1 is 1.37 bits per heavy atom. The summed E-state index contributed by atoms with van der Waals surface area (Å²) in [5, 5.41) is 0. The van der Waals surface area contributed by atoms with Crippen LogP contribution in [-0.4, -0.2) is 21.4 Å². The largest absolute Gasteiger partial charge is 0.369 e. The Hall–Kier alpha value is -1.88. The molecule has 2 aromatic rings. The zero-order valence-electron chi connectivity index (χ0n) is 11.8. The standard InChI is InChI=1S/C14H20N4O/c1-14(2,3)12(15)11(19)8-5-6-10-9(7-8)17-13(16)18(10)4/h5-7,12H,15H2,1-4H3,(H2,16,17)/t12-/m1/s1. The lowest BCUT2D eigenvalue weighted by molar-refractivity contribution is 0.0901. The smallest absolute Gasteiger partial charge is 0.200 e. The number of fused-ring (bicyclic) bond motifs is 1. The highest BCUT2D eigenvalue weighted by atomic mass is 16.1. The van der Waals surface area contributed by atoms with E-state index in [1.165, 1.54) is 0 Å². The third-order valence-electron chi connectivity index (χ3n) is 3.42. The van der Waals surface area contributed by atoms with Gasteiger partial charge in [0.15, 0.2) is 5.78 Å². The molecule has 0 saturated heterocycles. The van der Waals surface area contributed by atoms with Crippen LogP contribution in [0.3, 0.4) is 0 Å². The second kappa shape index (κ2) is 4.35. The first-order chi connectivity index (χ1) is 8.71. The quantitative estimate of drug-likeness (QED) is 0.805. The van der Waals surface area contributed by atoms with Gasteiger partial charge in [-0.1, -0.05) is 20.8 Å². The van der Waals surface area contributed by atoms with Crippen LogP contribution in [0.1, 0.15) is 31.1 Å². The third kappa shape index (κ3) is 2.33. The van der Waals surface area contributed by atoms with E-state index in [4.69, 9.17) is 11.5 Å². The third-order valence-corrected chi connectivity index (χ3v) is 3.42. The van der Waals surface area contributed by atoms with E-state index in [2.05, 4.69) is 4.98 Å². The zero-order valence-corrected chi connectivity index (χ0v) is 11.8. The van der Waals surface area contributed by atoms with E-state index in [1.54, 1.807) is 16.7 Å². The van der Waals surface area contributed by atoms with Gasteiger partial charge in [-0.15, -0.1) is 0 Å². The van der Waals surface area contributed by atoms with Gasteiger partial charge in [0.1, 0.15) is 0 Å². The summed E-state index contributed by atoms with van der Waals surface area (Å²) in [5.41, 5.74) is 13.7. The molecule has 1 atom stereocenters. The second-order valence-electron chi connectivity index (χ2n) is 5.94. The molecule has 4 N–H and O–H groups in total. The number of hydrogen-bond acceptors (Lipinski definition) is 4. The van der Waals surface area contributed by atoms with Crippen molar-refractivity contribution < 1.29 is 4.79 Å². The van der Waals surface area contributed by atoms with Gasteiger partial charge < -0.3 is 16.0 Å². The van der Waals surface area contributed by atoms with Gasteiger partial charge in [0, 0.05) is 12.6 Å².